The maximum Gasteiger partial charge on any atom is 0.270 e. The molecule has 2 aromatic carbocycles. The average Bonchev–Trinajstić information content (AvgIpc) is 2.77. The molecule has 0 atom stereocenters. The fraction of sp³-hybridized carbons (Fsp3) is 0.0588. The Hall–Kier alpha value is -1.98. The number of thiocarbonyl (C=S) groups is 1. The first kappa shape index (κ1) is 14.9. The van der Waals surface area contributed by atoms with E-state index in [9.17, 15) is 9.18 Å². The minimum Gasteiger partial charge on any atom is -0.268 e. The maximum atomic E-state index is 12.9. The Morgan fingerprint density at radius 2 is 1.73 bits per heavy atom. The third-order valence-electron chi connectivity index (χ3n) is 3.25. The van der Waals surface area contributed by atoms with Crippen LogP contribution in [0.5, 0.6) is 0 Å². The minimum atomic E-state index is -0.302. The molecule has 1 heterocycles. The topological polar surface area (TPSA) is 20.3 Å². The smallest absolute Gasteiger partial charge is 0.268 e. The van der Waals surface area contributed by atoms with E-state index in [1.54, 1.807) is 18.2 Å². The lowest BCUT2D eigenvalue weighted by Gasteiger charge is -2.14. The Morgan fingerprint density at radius 3 is 2.36 bits per heavy atom. The maximum absolute atomic E-state index is 12.9. The Labute approximate surface area is 137 Å². The summed E-state index contributed by atoms with van der Waals surface area (Å²) in [4.78, 5) is 14.6. The predicted molar refractivity (Wildman–Crippen MR) is 93.2 cm³/mol. The Kier molecular flexibility index (Phi) is 4.09. The fourth-order valence-electron chi connectivity index (χ4n) is 2.09. The molecule has 1 aliphatic heterocycles. The quantitative estimate of drug-likeness (QED) is 0.596. The molecule has 22 heavy (non-hydrogen) atoms. The van der Waals surface area contributed by atoms with Gasteiger partial charge in [-0.1, -0.05) is 53.8 Å². The average molecular weight is 329 g/mol. The third kappa shape index (κ3) is 2.96. The molecule has 1 fully saturated rings. The zero-order valence-corrected chi connectivity index (χ0v) is 13.4. The largest absolute Gasteiger partial charge is 0.270 e. The van der Waals surface area contributed by atoms with Gasteiger partial charge in [0.1, 0.15) is 5.82 Å². The second kappa shape index (κ2) is 6.02. The minimum absolute atomic E-state index is 0.150. The van der Waals surface area contributed by atoms with Gasteiger partial charge in [-0.15, -0.1) is 0 Å². The molecule has 2 nitrogen and oxygen atoms in total. The van der Waals surface area contributed by atoms with Crippen molar-refractivity contribution in [3.8, 4) is 0 Å². The Balaban J connectivity index is 1.91. The highest BCUT2D eigenvalue weighted by atomic mass is 32.2. The number of nitrogens with zero attached hydrogens (tertiary/aromatic N) is 1. The molecule has 1 saturated heterocycles. The summed E-state index contributed by atoms with van der Waals surface area (Å²) in [5, 5.41) is 0. The molecule has 0 N–H and O–H groups in total. The van der Waals surface area contributed by atoms with Crippen LogP contribution in [-0.4, -0.2) is 10.2 Å². The number of carbonyl (C=O) groups is 1. The molecular formula is C17H12FNOS2. The van der Waals surface area contributed by atoms with Crippen molar-refractivity contribution in [1.82, 2.24) is 0 Å². The van der Waals surface area contributed by atoms with Crippen molar-refractivity contribution in [2.75, 3.05) is 4.90 Å². The van der Waals surface area contributed by atoms with Gasteiger partial charge in [0.05, 0.1) is 10.6 Å². The third-order valence-corrected chi connectivity index (χ3v) is 4.56. The standard InChI is InChI=1S/C17H12FNOS2/c1-11-2-8-14(9-3-11)19-16(20)15(22-17(19)21)10-12-4-6-13(18)7-5-12/h2-10H,1H3/b15-10-. The number of hydrogen-bond acceptors (Lipinski definition) is 3. The van der Waals surface area contributed by atoms with Gasteiger partial charge >= 0.3 is 0 Å². The summed E-state index contributed by atoms with van der Waals surface area (Å²) in [6, 6.07) is 13.6. The summed E-state index contributed by atoms with van der Waals surface area (Å²) >= 11 is 6.57. The highest BCUT2D eigenvalue weighted by Crippen LogP contribution is 2.36. The van der Waals surface area contributed by atoms with Crippen LogP contribution in [0.3, 0.4) is 0 Å². The number of rotatable bonds is 2. The highest BCUT2D eigenvalue weighted by Gasteiger charge is 2.33. The number of aryl methyl sites for hydroxylation is 1. The van der Waals surface area contributed by atoms with Crippen LogP contribution in [0.15, 0.2) is 53.4 Å². The van der Waals surface area contributed by atoms with Crippen LogP contribution in [0.25, 0.3) is 6.08 Å². The molecule has 0 unspecified atom stereocenters. The van der Waals surface area contributed by atoms with Gasteiger partial charge < -0.3 is 0 Å². The fourth-order valence-corrected chi connectivity index (χ4v) is 3.39. The van der Waals surface area contributed by atoms with Crippen LogP contribution in [0.4, 0.5) is 10.1 Å². The lowest BCUT2D eigenvalue weighted by molar-refractivity contribution is -0.113. The van der Waals surface area contributed by atoms with Crippen LogP contribution < -0.4 is 4.90 Å². The van der Waals surface area contributed by atoms with Crippen LogP contribution in [-0.2, 0) is 4.79 Å². The van der Waals surface area contributed by atoms with Crippen molar-refractivity contribution in [1.29, 1.82) is 0 Å². The first-order chi connectivity index (χ1) is 10.5. The second-order valence-electron chi connectivity index (χ2n) is 4.90. The summed E-state index contributed by atoms with van der Waals surface area (Å²) < 4.78 is 13.4. The van der Waals surface area contributed by atoms with E-state index < -0.39 is 0 Å². The molecule has 0 aromatic heterocycles. The van der Waals surface area contributed by atoms with Crippen molar-refractivity contribution in [3.05, 3.63) is 70.4 Å². The van der Waals surface area contributed by atoms with E-state index in [-0.39, 0.29) is 11.7 Å². The normalized spacial score (nSPS) is 16.6. The summed E-state index contributed by atoms with van der Waals surface area (Å²) in [5.41, 5.74) is 2.65. The Bertz CT molecular complexity index is 766. The van der Waals surface area contributed by atoms with Gasteiger partial charge in [0.25, 0.3) is 5.91 Å². The number of hydrogen-bond donors (Lipinski definition) is 0. The monoisotopic (exact) mass is 329 g/mol. The van der Waals surface area contributed by atoms with E-state index in [0.29, 0.717) is 9.23 Å². The molecule has 0 bridgehead atoms. The van der Waals surface area contributed by atoms with E-state index in [4.69, 9.17) is 12.2 Å². The first-order valence-corrected chi connectivity index (χ1v) is 7.87. The number of benzene rings is 2. The molecule has 1 amide bonds. The first-order valence-electron chi connectivity index (χ1n) is 6.65. The molecule has 0 aliphatic carbocycles. The summed E-state index contributed by atoms with van der Waals surface area (Å²) in [7, 11) is 0. The number of thioether (sulfide) groups is 1. The van der Waals surface area contributed by atoms with Crippen molar-refractivity contribution in [2.24, 2.45) is 0 Å². The summed E-state index contributed by atoms with van der Waals surface area (Å²) in [6.07, 6.45) is 1.73. The molecule has 0 radical (unpaired) electrons. The van der Waals surface area contributed by atoms with Gasteiger partial charge in [-0.2, -0.15) is 0 Å². The number of anilines is 1. The highest BCUT2D eigenvalue weighted by molar-refractivity contribution is 8.27. The van der Waals surface area contributed by atoms with E-state index in [0.717, 1.165) is 16.8 Å². The van der Waals surface area contributed by atoms with Gasteiger partial charge in [0.2, 0.25) is 0 Å². The number of amides is 1. The van der Waals surface area contributed by atoms with Crippen LogP contribution in [0.1, 0.15) is 11.1 Å². The van der Waals surface area contributed by atoms with Crippen LogP contribution in [0, 0.1) is 12.7 Å². The summed E-state index contributed by atoms with van der Waals surface area (Å²) in [6.45, 7) is 1.99. The van der Waals surface area contributed by atoms with Crippen LogP contribution in [0.2, 0.25) is 0 Å². The molecule has 2 aromatic rings. The lowest BCUT2D eigenvalue weighted by Crippen LogP contribution is -2.27. The molecular weight excluding hydrogens is 317 g/mol. The van der Waals surface area contributed by atoms with E-state index in [2.05, 4.69) is 0 Å². The number of halogens is 1. The second-order valence-corrected chi connectivity index (χ2v) is 6.58. The zero-order valence-electron chi connectivity index (χ0n) is 11.7. The van der Waals surface area contributed by atoms with Crippen molar-refractivity contribution in [2.45, 2.75) is 6.92 Å². The Morgan fingerprint density at radius 1 is 1.09 bits per heavy atom. The number of carbonyl (C=O) groups excluding carboxylic acids is 1. The van der Waals surface area contributed by atoms with Gasteiger partial charge in [-0.25, -0.2) is 4.39 Å². The molecule has 110 valence electrons. The van der Waals surface area contributed by atoms with Crippen molar-refractivity contribution in [3.63, 3.8) is 0 Å². The summed E-state index contributed by atoms with van der Waals surface area (Å²) in [5.74, 6) is -0.451. The van der Waals surface area contributed by atoms with Gasteiger partial charge in [-0.3, -0.25) is 9.69 Å². The molecule has 1 aliphatic rings. The van der Waals surface area contributed by atoms with Crippen LogP contribution >= 0.6 is 24.0 Å². The molecule has 0 spiro atoms. The van der Waals surface area contributed by atoms with Crippen molar-refractivity contribution < 1.29 is 9.18 Å². The molecule has 5 heteroatoms. The molecule has 0 saturated carbocycles. The lowest BCUT2D eigenvalue weighted by atomic mass is 10.2. The van der Waals surface area contributed by atoms with E-state index >= 15 is 0 Å². The van der Waals surface area contributed by atoms with E-state index in [1.807, 2.05) is 31.2 Å². The predicted octanol–water partition coefficient (Wildman–Crippen LogP) is 4.54. The SMILES string of the molecule is Cc1ccc(N2C(=O)/C(=C/c3ccc(F)cc3)SC2=S)cc1. The van der Waals surface area contributed by atoms with Crippen molar-refractivity contribution >= 4 is 46.0 Å². The van der Waals surface area contributed by atoms with Gasteiger partial charge in [0.15, 0.2) is 4.32 Å². The van der Waals surface area contributed by atoms with Gasteiger partial charge in [0, 0.05) is 0 Å². The van der Waals surface area contributed by atoms with E-state index in [1.165, 1.54) is 28.8 Å². The van der Waals surface area contributed by atoms with Gasteiger partial charge in [-0.05, 0) is 42.8 Å². The molecule has 3 rings (SSSR count). The zero-order chi connectivity index (χ0) is 15.7.